The molecule has 0 radical (unpaired) electrons. The Morgan fingerprint density at radius 1 is 1.53 bits per heavy atom. The number of hydrogen-bond acceptors (Lipinski definition) is 3. The molecule has 0 N–H and O–H groups in total. The molecule has 1 saturated carbocycles. The summed E-state index contributed by atoms with van der Waals surface area (Å²) in [6.07, 6.45) is 7.29. The Kier molecular flexibility index (Phi) is 4.00. The van der Waals surface area contributed by atoms with Crippen molar-refractivity contribution in [1.29, 1.82) is 0 Å². The topological polar surface area (TPSA) is 39.2 Å². The highest BCUT2D eigenvalue weighted by Gasteiger charge is 2.23. The van der Waals surface area contributed by atoms with E-state index in [1.54, 1.807) is 12.3 Å². The number of ether oxygens (including phenoxy) is 1. The lowest BCUT2D eigenvalue weighted by Crippen LogP contribution is -2.24. The van der Waals surface area contributed by atoms with E-state index in [1.165, 1.54) is 12.6 Å². The van der Waals surface area contributed by atoms with Gasteiger partial charge in [-0.25, -0.2) is 4.79 Å². The summed E-state index contributed by atoms with van der Waals surface area (Å²) in [5, 5.41) is 0.397. The number of esters is 1. The Hall–Kier alpha value is -1.09. The first-order valence-corrected chi connectivity index (χ1v) is 6.35. The molecule has 0 aromatic carbocycles. The van der Waals surface area contributed by atoms with Crippen molar-refractivity contribution in [3.05, 3.63) is 29.0 Å². The number of nitrogens with zero attached hydrogens (tertiary/aromatic N) is 1. The number of carbonyl (C=O) groups is 1. The first-order chi connectivity index (χ1) is 8.16. The molecule has 1 aromatic rings. The fraction of sp³-hybridized carbons (Fsp3) is 0.538. The predicted octanol–water partition coefficient (Wildman–Crippen LogP) is 3.47. The van der Waals surface area contributed by atoms with Gasteiger partial charge in [-0.15, -0.1) is 0 Å². The Labute approximate surface area is 106 Å². The molecular formula is C13H16ClNO2. The van der Waals surface area contributed by atoms with Crippen LogP contribution in [0.4, 0.5) is 0 Å². The third kappa shape index (κ3) is 3.19. The first kappa shape index (κ1) is 12.4. The second kappa shape index (κ2) is 5.50. The summed E-state index contributed by atoms with van der Waals surface area (Å²) >= 11 is 5.92. The Bertz CT molecular complexity index is 408. The van der Waals surface area contributed by atoms with Crippen molar-refractivity contribution in [1.82, 2.24) is 4.98 Å². The smallest absolute Gasteiger partial charge is 0.341 e. The molecule has 0 saturated heterocycles. The lowest BCUT2D eigenvalue weighted by atomic mass is 9.89. The van der Waals surface area contributed by atoms with Crippen molar-refractivity contribution in [2.45, 2.75) is 38.7 Å². The maximum atomic E-state index is 11.9. The van der Waals surface area contributed by atoms with Gasteiger partial charge in [0, 0.05) is 12.4 Å². The third-order valence-electron chi connectivity index (χ3n) is 3.15. The van der Waals surface area contributed by atoms with Crippen LogP contribution in [0.3, 0.4) is 0 Å². The van der Waals surface area contributed by atoms with Gasteiger partial charge in [0.1, 0.15) is 6.10 Å². The van der Waals surface area contributed by atoms with E-state index in [9.17, 15) is 4.79 Å². The van der Waals surface area contributed by atoms with Crippen molar-refractivity contribution in [2.24, 2.45) is 5.92 Å². The van der Waals surface area contributed by atoms with Crippen molar-refractivity contribution in [3.8, 4) is 0 Å². The predicted molar refractivity (Wildman–Crippen MR) is 66.1 cm³/mol. The summed E-state index contributed by atoms with van der Waals surface area (Å²) in [5.74, 6) is 0.271. The lowest BCUT2D eigenvalue weighted by molar-refractivity contribution is 0.0155. The summed E-state index contributed by atoms with van der Waals surface area (Å²) in [5.41, 5.74) is 0.354. The largest absolute Gasteiger partial charge is 0.459 e. The minimum Gasteiger partial charge on any atom is -0.459 e. The first-order valence-electron chi connectivity index (χ1n) is 5.97. The molecule has 0 spiro atoms. The molecule has 2 unspecified atom stereocenters. The van der Waals surface area contributed by atoms with Crippen LogP contribution < -0.4 is 0 Å². The molecule has 17 heavy (non-hydrogen) atoms. The molecule has 92 valence electrons. The van der Waals surface area contributed by atoms with Crippen LogP contribution in [0.5, 0.6) is 0 Å². The number of aromatic nitrogens is 1. The van der Waals surface area contributed by atoms with E-state index in [4.69, 9.17) is 16.3 Å². The molecule has 3 nitrogen and oxygen atoms in total. The van der Waals surface area contributed by atoms with Crippen LogP contribution in [0.1, 0.15) is 43.0 Å². The molecule has 4 heteroatoms. The van der Waals surface area contributed by atoms with E-state index in [2.05, 4.69) is 11.9 Å². The highest BCUT2D eigenvalue weighted by atomic mass is 35.5. The molecule has 1 aromatic heterocycles. The van der Waals surface area contributed by atoms with Crippen LogP contribution in [0.2, 0.25) is 5.02 Å². The second-order valence-corrected chi connectivity index (χ2v) is 5.06. The molecule has 0 bridgehead atoms. The third-order valence-corrected chi connectivity index (χ3v) is 3.48. The Morgan fingerprint density at radius 3 is 3.06 bits per heavy atom. The minimum absolute atomic E-state index is 0.0301. The lowest BCUT2D eigenvalue weighted by Gasteiger charge is -2.26. The molecule has 2 atom stereocenters. The molecule has 1 heterocycles. The number of rotatable bonds is 2. The monoisotopic (exact) mass is 253 g/mol. The molecule has 2 rings (SSSR count). The molecule has 1 fully saturated rings. The van der Waals surface area contributed by atoms with Crippen molar-refractivity contribution < 1.29 is 9.53 Å². The van der Waals surface area contributed by atoms with Crippen LogP contribution >= 0.6 is 11.6 Å². The van der Waals surface area contributed by atoms with Gasteiger partial charge in [0.2, 0.25) is 0 Å². The average molecular weight is 254 g/mol. The van der Waals surface area contributed by atoms with Crippen molar-refractivity contribution in [3.63, 3.8) is 0 Å². The van der Waals surface area contributed by atoms with E-state index >= 15 is 0 Å². The van der Waals surface area contributed by atoms with Gasteiger partial charge >= 0.3 is 5.97 Å². The van der Waals surface area contributed by atoms with Crippen LogP contribution in [-0.2, 0) is 4.74 Å². The summed E-state index contributed by atoms with van der Waals surface area (Å²) in [6, 6.07) is 1.60. The molecule has 0 amide bonds. The van der Waals surface area contributed by atoms with E-state index in [-0.39, 0.29) is 12.1 Å². The zero-order chi connectivity index (χ0) is 12.3. The van der Waals surface area contributed by atoms with Gasteiger partial charge in [-0.3, -0.25) is 4.98 Å². The van der Waals surface area contributed by atoms with E-state index < -0.39 is 0 Å². The SMILES string of the molecule is CC1CCCC(OC(=O)c2cnccc2Cl)C1. The Morgan fingerprint density at radius 2 is 2.35 bits per heavy atom. The second-order valence-electron chi connectivity index (χ2n) is 4.65. The molecular weight excluding hydrogens is 238 g/mol. The number of carbonyl (C=O) groups excluding carboxylic acids is 1. The molecule has 1 aliphatic rings. The van der Waals surface area contributed by atoms with Crippen LogP contribution in [0.15, 0.2) is 18.5 Å². The van der Waals surface area contributed by atoms with E-state index in [1.807, 2.05) is 0 Å². The Balaban J connectivity index is 1.99. The van der Waals surface area contributed by atoms with E-state index in [0.717, 1.165) is 19.3 Å². The fourth-order valence-electron chi connectivity index (χ4n) is 2.23. The quantitative estimate of drug-likeness (QED) is 0.758. The highest BCUT2D eigenvalue weighted by Crippen LogP contribution is 2.27. The van der Waals surface area contributed by atoms with Gasteiger partial charge in [0.05, 0.1) is 10.6 Å². The maximum Gasteiger partial charge on any atom is 0.341 e. The summed E-state index contributed by atoms with van der Waals surface area (Å²) < 4.78 is 5.47. The van der Waals surface area contributed by atoms with Gasteiger partial charge in [-0.05, 0) is 31.2 Å². The summed E-state index contributed by atoms with van der Waals surface area (Å²) in [6.45, 7) is 2.19. The van der Waals surface area contributed by atoms with Crippen LogP contribution in [0.25, 0.3) is 0 Å². The number of pyridine rings is 1. The minimum atomic E-state index is -0.359. The normalized spacial score (nSPS) is 24.4. The average Bonchev–Trinajstić information content (AvgIpc) is 2.29. The van der Waals surface area contributed by atoms with E-state index in [0.29, 0.717) is 16.5 Å². The summed E-state index contributed by atoms with van der Waals surface area (Å²) in [4.78, 5) is 15.8. The standard InChI is InChI=1S/C13H16ClNO2/c1-9-3-2-4-10(7-9)17-13(16)11-8-15-6-5-12(11)14/h5-6,8-10H,2-4,7H2,1H3. The van der Waals surface area contributed by atoms with Gasteiger partial charge in [-0.2, -0.15) is 0 Å². The van der Waals surface area contributed by atoms with Gasteiger partial charge in [-0.1, -0.05) is 24.9 Å². The zero-order valence-electron chi connectivity index (χ0n) is 9.86. The zero-order valence-corrected chi connectivity index (χ0v) is 10.6. The molecule has 1 aliphatic carbocycles. The van der Waals surface area contributed by atoms with Crippen molar-refractivity contribution >= 4 is 17.6 Å². The summed E-state index contributed by atoms with van der Waals surface area (Å²) in [7, 11) is 0. The number of hydrogen-bond donors (Lipinski definition) is 0. The van der Waals surface area contributed by atoms with Gasteiger partial charge < -0.3 is 4.74 Å². The van der Waals surface area contributed by atoms with Gasteiger partial charge in [0.25, 0.3) is 0 Å². The van der Waals surface area contributed by atoms with Gasteiger partial charge in [0.15, 0.2) is 0 Å². The molecule has 0 aliphatic heterocycles. The van der Waals surface area contributed by atoms with Crippen LogP contribution in [-0.4, -0.2) is 17.1 Å². The van der Waals surface area contributed by atoms with Crippen LogP contribution in [0, 0.1) is 5.92 Å². The maximum absolute atomic E-state index is 11.9. The highest BCUT2D eigenvalue weighted by molar-refractivity contribution is 6.33. The van der Waals surface area contributed by atoms with Crippen molar-refractivity contribution in [2.75, 3.05) is 0 Å². The fourth-order valence-corrected chi connectivity index (χ4v) is 2.41. The number of halogens is 1.